The van der Waals surface area contributed by atoms with Crippen molar-refractivity contribution in [3.8, 4) is 0 Å². The summed E-state index contributed by atoms with van der Waals surface area (Å²) in [5.41, 5.74) is 0.724. The zero-order valence-corrected chi connectivity index (χ0v) is 16.9. The van der Waals surface area contributed by atoms with Gasteiger partial charge in [0.1, 0.15) is 11.9 Å². The highest BCUT2D eigenvalue weighted by Gasteiger charge is 2.34. The van der Waals surface area contributed by atoms with Crippen molar-refractivity contribution in [1.82, 2.24) is 20.2 Å². The number of benzene rings is 1. The molecular formula is C21H32FN6+. The second-order valence-corrected chi connectivity index (χ2v) is 8.21. The van der Waals surface area contributed by atoms with Gasteiger partial charge in [0.05, 0.1) is 37.9 Å². The first-order chi connectivity index (χ1) is 13.8. The van der Waals surface area contributed by atoms with E-state index in [1.165, 1.54) is 43.4 Å². The SMILES string of the molecule is CCCC[C@@H](c1nnnn1C1CCCC1)[NH+]1CCN(c2ccccc2F)CC1. The van der Waals surface area contributed by atoms with Crippen LogP contribution in [0.3, 0.4) is 0 Å². The molecule has 6 nitrogen and oxygen atoms in total. The summed E-state index contributed by atoms with van der Waals surface area (Å²) >= 11 is 0. The van der Waals surface area contributed by atoms with Gasteiger partial charge in [-0.15, -0.1) is 5.10 Å². The van der Waals surface area contributed by atoms with Crippen molar-refractivity contribution >= 4 is 5.69 Å². The van der Waals surface area contributed by atoms with Crippen molar-refractivity contribution in [2.75, 3.05) is 31.1 Å². The minimum atomic E-state index is -0.126. The molecule has 2 fully saturated rings. The number of piperazine rings is 1. The molecule has 4 rings (SSSR count). The molecule has 0 amide bonds. The van der Waals surface area contributed by atoms with E-state index in [1.54, 1.807) is 12.1 Å². The molecular weight excluding hydrogens is 355 g/mol. The lowest BCUT2D eigenvalue weighted by atomic mass is 10.1. The fraction of sp³-hybridized carbons (Fsp3) is 0.667. The summed E-state index contributed by atoms with van der Waals surface area (Å²) < 4.78 is 16.3. The van der Waals surface area contributed by atoms with Crippen LogP contribution < -0.4 is 9.80 Å². The maximum absolute atomic E-state index is 14.2. The number of rotatable bonds is 7. The Morgan fingerprint density at radius 3 is 2.64 bits per heavy atom. The number of unbranched alkanes of at least 4 members (excludes halogenated alkanes) is 1. The Labute approximate surface area is 166 Å². The second kappa shape index (κ2) is 8.99. The van der Waals surface area contributed by atoms with Crippen LogP contribution in [0.5, 0.6) is 0 Å². The fourth-order valence-corrected chi connectivity index (χ4v) is 4.85. The van der Waals surface area contributed by atoms with Gasteiger partial charge < -0.3 is 9.80 Å². The summed E-state index contributed by atoms with van der Waals surface area (Å²) in [5, 5.41) is 12.9. The van der Waals surface area contributed by atoms with Crippen molar-refractivity contribution < 1.29 is 9.29 Å². The molecule has 7 heteroatoms. The number of nitrogens with zero attached hydrogens (tertiary/aromatic N) is 5. The number of hydrogen-bond acceptors (Lipinski definition) is 4. The number of nitrogens with one attached hydrogen (secondary N) is 1. The monoisotopic (exact) mass is 387 g/mol. The largest absolute Gasteiger partial charge is 0.358 e. The summed E-state index contributed by atoms with van der Waals surface area (Å²) in [6, 6.07) is 7.90. The topological polar surface area (TPSA) is 51.3 Å². The number of quaternary nitrogens is 1. The molecule has 1 aliphatic heterocycles. The standard InChI is InChI=1S/C21H31FN6/c1-2-3-11-20(21-23-24-25-28(21)17-8-4-5-9-17)27-15-13-26(14-16-27)19-12-7-6-10-18(19)22/h6-7,10,12,17,20H,2-5,8-9,11,13-16H2,1H3/p+1/t20-/m0/s1. The van der Waals surface area contributed by atoms with Crippen LogP contribution in [0.15, 0.2) is 24.3 Å². The smallest absolute Gasteiger partial charge is 0.209 e. The molecule has 0 unspecified atom stereocenters. The third-order valence-electron chi connectivity index (χ3n) is 6.44. The maximum Gasteiger partial charge on any atom is 0.209 e. The molecule has 1 N–H and O–H groups in total. The average molecular weight is 388 g/mol. The number of tetrazole rings is 1. The molecule has 1 saturated carbocycles. The lowest BCUT2D eigenvalue weighted by Gasteiger charge is -2.37. The minimum absolute atomic E-state index is 0.126. The van der Waals surface area contributed by atoms with Gasteiger partial charge in [-0.2, -0.15) is 0 Å². The van der Waals surface area contributed by atoms with E-state index < -0.39 is 0 Å². The predicted octanol–water partition coefficient (Wildman–Crippen LogP) is 2.56. The van der Waals surface area contributed by atoms with Gasteiger partial charge in [0.25, 0.3) is 0 Å². The Morgan fingerprint density at radius 1 is 1.18 bits per heavy atom. The number of halogens is 1. The minimum Gasteiger partial charge on any atom is -0.358 e. The maximum atomic E-state index is 14.2. The van der Waals surface area contributed by atoms with E-state index in [-0.39, 0.29) is 5.82 Å². The van der Waals surface area contributed by atoms with Crippen LogP contribution in [-0.4, -0.2) is 46.4 Å². The molecule has 1 aliphatic carbocycles. The molecule has 2 aromatic rings. The lowest BCUT2D eigenvalue weighted by Crippen LogP contribution is -3.15. The van der Waals surface area contributed by atoms with E-state index in [0.717, 1.165) is 44.1 Å². The summed E-state index contributed by atoms with van der Waals surface area (Å²) in [6.07, 6.45) is 8.40. The Hall–Kier alpha value is -2.02. The molecule has 1 atom stereocenters. The highest BCUT2D eigenvalue weighted by atomic mass is 19.1. The van der Waals surface area contributed by atoms with Gasteiger partial charge in [0, 0.05) is 6.42 Å². The molecule has 1 aromatic carbocycles. The molecule has 0 bridgehead atoms. The summed E-state index contributed by atoms with van der Waals surface area (Å²) in [6.45, 7) is 5.94. The molecule has 0 spiro atoms. The number of para-hydroxylation sites is 1. The van der Waals surface area contributed by atoms with E-state index >= 15 is 0 Å². The van der Waals surface area contributed by atoms with Crippen LogP contribution in [0, 0.1) is 5.82 Å². The van der Waals surface area contributed by atoms with E-state index in [2.05, 4.69) is 32.0 Å². The van der Waals surface area contributed by atoms with Crippen molar-refractivity contribution in [2.24, 2.45) is 0 Å². The lowest BCUT2D eigenvalue weighted by molar-refractivity contribution is -0.933. The third-order valence-corrected chi connectivity index (χ3v) is 6.44. The van der Waals surface area contributed by atoms with Gasteiger partial charge in [-0.05, 0) is 41.8 Å². The Morgan fingerprint density at radius 2 is 1.93 bits per heavy atom. The van der Waals surface area contributed by atoms with Gasteiger partial charge in [0.15, 0.2) is 0 Å². The van der Waals surface area contributed by atoms with Gasteiger partial charge >= 0.3 is 0 Å². The zero-order valence-electron chi connectivity index (χ0n) is 16.9. The van der Waals surface area contributed by atoms with E-state index in [9.17, 15) is 4.39 Å². The average Bonchev–Trinajstić information content (AvgIpc) is 3.41. The molecule has 152 valence electrons. The summed E-state index contributed by atoms with van der Waals surface area (Å²) in [7, 11) is 0. The van der Waals surface area contributed by atoms with Crippen molar-refractivity contribution in [2.45, 2.75) is 64.0 Å². The third kappa shape index (κ3) is 4.04. The zero-order chi connectivity index (χ0) is 19.3. The second-order valence-electron chi connectivity index (χ2n) is 8.21. The quantitative estimate of drug-likeness (QED) is 0.793. The van der Waals surface area contributed by atoms with Crippen LogP contribution in [0.2, 0.25) is 0 Å². The first-order valence-electron chi connectivity index (χ1n) is 10.9. The Balaban J connectivity index is 1.49. The van der Waals surface area contributed by atoms with Crippen molar-refractivity contribution in [3.05, 3.63) is 35.9 Å². The Kier molecular flexibility index (Phi) is 6.20. The Bertz CT molecular complexity index is 749. The first kappa shape index (κ1) is 19.3. The normalized spacial score (nSPS) is 20.0. The summed E-state index contributed by atoms with van der Waals surface area (Å²) in [5.74, 6) is 0.938. The first-order valence-corrected chi connectivity index (χ1v) is 10.9. The van der Waals surface area contributed by atoms with Gasteiger partial charge in [-0.1, -0.05) is 38.3 Å². The number of anilines is 1. The van der Waals surface area contributed by atoms with Gasteiger partial charge in [0.2, 0.25) is 5.82 Å². The number of hydrogen-bond donors (Lipinski definition) is 1. The van der Waals surface area contributed by atoms with Crippen LogP contribution in [-0.2, 0) is 0 Å². The van der Waals surface area contributed by atoms with Crippen LogP contribution >= 0.6 is 0 Å². The van der Waals surface area contributed by atoms with Crippen LogP contribution in [0.25, 0.3) is 0 Å². The fourth-order valence-electron chi connectivity index (χ4n) is 4.85. The predicted molar refractivity (Wildman–Crippen MR) is 107 cm³/mol. The van der Waals surface area contributed by atoms with E-state index in [0.29, 0.717) is 12.1 Å². The van der Waals surface area contributed by atoms with Gasteiger partial charge in [-0.25, -0.2) is 9.07 Å². The molecule has 0 radical (unpaired) electrons. The highest BCUT2D eigenvalue weighted by Crippen LogP contribution is 2.30. The van der Waals surface area contributed by atoms with Crippen molar-refractivity contribution in [3.63, 3.8) is 0 Å². The van der Waals surface area contributed by atoms with E-state index in [4.69, 9.17) is 0 Å². The molecule has 2 aliphatic rings. The van der Waals surface area contributed by atoms with Gasteiger partial charge in [-0.3, -0.25) is 0 Å². The molecule has 1 aromatic heterocycles. The highest BCUT2D eigenvalue weighted by molar-refractivity contribution is 5.47. The van der Waals surface area contributed by atoms with Crippen LogP contribution in [0.1, 0.15) is 69.8 Å². The van der Waals surface area contributed by atoms with E-state index in [1.807, 2.05) is 12.1 Å². The van der Waals surface area contributed by atoms with Crippen molar-refractivity contribution in [1.29, 1.82) is 0 Å². The van der Waals surface area contributed by atoms with Crippen LogP contribution in [0.4, 0.5) is 10.1 Å². The molecule has 1 saturated heterocycles. The molecule has 28 heavy (non-hydrogen) atoms. The number of aromatic nitrogens is 4. The molecule has 2 heterocycles. The summed E-state index contributed by atoms with van der Waals surface area (Å²) in [4.78, 5) is 3.71.